The minimum Gasteiger partial charge on any atom is -0.497 e. The molecule has 0 spiro atoms. The molecule has 0 unspecified atom stereocenters. The molecule has 2 heterocycles. The lowest BCUT2D eigenvalue weighted by molar-refractivity contribution is 0.0949. The summed E-state index contributed by atoms with van der Waals surface area (Å²) in [5, 5.41) is 9.82. The molecular weight excluding hydrogens is 332 g/mol. The molecule has 0 radical (unpaired) electrons. The molecule has 3 aromatic rings. The van der Waals surface area contributed by atoms with Crippen LogP contribution < -0.4 is 14.8 Å². The number of nitrogens with zero attached hydrogens (tertiary/aromatic N) is 2. The van der Waals surface area contributed by atoms with Crippen LogP contribution >= 0.6 is 0 Å². The first-order chi connectivity index (χ1) is 12.7. The SMILES string of the molecule is COc1ccc(OC)c(CCNC(=O)c2cc(-c3ccncc3)n[nH]2)c1. The Kier molecular flexibility index (Phi) is 5.48. The van der Waals surface area contributed by atoms with Crippen molar-refractivity contribution in [3.05, 3.63) is 60.0 Å². The van der Waals surface area contributed by atoms with Gasteiger partial charge in [-0.3, -0.25) is 14.9 Å². The second-order valence-electron chi connectivity index (χ2n) is 5.59. The molecule has 0 aliphatic rings. The van der Waals surface area contributed by atoms with Crippen molar-refractivity contribution < 1.29 is 14.3 Å². The van der Waals surface area contributed by atoms with E-state index < -0.39 is 0 Å². The number of hydrogen-bond donors (Lipinski definition) is 2. The maximum absolute atomic E-state index is 12.3. The van der Waals surface area contributed by atoms with Crippen LogP contribution in [0.2, 0.25) is 0 Å². The van der Waals surface area contributed by atoms with Crippen molar-refractivity contribution in [1.29, 1.82) is 0 Å². The van der Waals surface area contributed by atoms with E-state index in [9.17, 15) is 4.79 Å². The third-order valence-electron chi connectivity index (χ3n) is 3.97. The second kappa shape index (κ2) is 8.15. The predicted molar refractivity (Wildman–Crippen MR) is 97.4 cm³/mol. The number of hydrogen-bond acceptors (Lipinski definition) is 5. The zero-order valence-electron chi connectivity index (χ0n) is 14.7. The number of pyridine rings is 1. The maximum atomic E-state index is 12.3. The van der Waals surface area contributed by atoms with Gasteiger partial charge in [0.1, 0.15) is 17.2 Å². The van der Waals surface area contributed by atoms with Crippen LogP contribution in [0.4, 0.5) is 0 Å². The monoisotopic (exact) mass is 352 g/mol. The molecule has 26 heavy (non-hydrogen) atoms. The number of aromatic amines is 1. The lowest BCUT2D eigenvalue weighted by Gasteiger charge is -2.10. The number of methoxy groups -OCH3 is 2. The van der Waals surface area contributed by atoms with E-state index in [2.05, 4.69) is 20.5 Å². The molecule has 2 N–H and O–H groups in total. The fraction of sp³-hybridized carbons (Fsp3) is 0.211. The number of aromatic nitrogens is 3. The molecule has 3 rings (SSSR count). The topological polar surface area (TPSA) is 89.1 Å². The number of benzene rings is 1. The molecule has 1 aromatic carbocycles. The molecule has 0 aliphatic heterocycles. The quantitative estimate of drug-likeness (QED) is 0.682. The standard InChI is InChI=1S/C19H20N4O3/c1-25-15-3-4-18(26-2)14(11-15)7-10-21-19(24)17-12-16(22-23-17)13-5-8-20-9-6-13/h3-6,8-9,11-12H,7,10H2,1-2H3,(H,21,24)(H,22,23). The zero-order valence-corrected chi connectivity index (χ0v) is 14.7. The minimum atomic E-state index is -0.209. The van der Waals surface area contributed by atoms with Gasteiger partial charge in [-0.25, -0.2) is 0 Å². The van der Waals surface area contributed by atoms with Crippen LogP contribution in [-0.4, -0.2) is 41.9 Å². The Balaban J connectivity index is 1.61. The maximum Gasteiger partial charge on any atom is 0.269 e. The fourth-order valence-electron chi connectivity index (χ4n) is 2.59. The van der Waals surface area contributed by atoms with Crippen LogP contribution in [0.5, 0.6) is 11.5 Å². The first kappa shape index (κ1) is 17.5. The van der Waals surface area contributed by atoms with Crippen molar-refractivity contribution in [3.8, 4) is 22.8 Å². The Morgan fingerprint density at radius 1 is 1.12 bits per heavy atom. The van der Waals surface area contributed by atoms with E-state index in [1.165, 1.54) is 0 Å². The lowest BCUT2D eigenvalue weighted by atomic mass is 10.1. The number of ether oxygens (including phenoxy) is 2. The van der Waals surface area contributed by atoms with Gasteiger partial charge in [-0.05, 0) is 48.4 Å². The normalized spacial score (nSPS) is 10.4. The molecular formula is C19H20N4O3. The van der Waals surface area contributed by atoms with E-state index >= 15 is 0 Å². The molecule has 0 aliphatic carbocycles. The molecule has 7 heteroatoms. The van der Waals surface area contributed by atoms with Gasteiger partial charge in [-0.1, -0.05) is 0 Å². The highest BCUT2D eigenvalue weighted by Gasteiger charge is 2.11. The average molecular weight is 352 g/mol. The smallest absolute Gasteiger partial charge is 0.269 e. The number of nitrogens with one attached hydrogen (secondary N) is 2. The fourth-order valence-corrected chi connectivity index (χ4v) is 2.59. The Morgan fingerprint density at radius 2 is 1.92 bits per heavy atom. The van der Waals surface area contributed by atoms with Gasteiger partial charge in [-0.15, -0.1) is 0 Å². The molecule has 0 saturated carbocycles. The number of carbonyl (C=O) groups is 1. The van der Waals surface area contributed by atoms with E-state index in [-0.39, 0.29) is 5.91 Å². The summed E-state index contributed by atoms with van der Waals surface area (Å²) in [5.74, 6) is 1.31. The van der Waals surface area contributed by atoms with Crippen molar-refractivity contribution in [2.45, 2.75) is 6.42 Å². The van der Waals surface area contributed by atoms with Gasteiger partial charge in [-0.2, -0.15) is 5.10 Å². The Labute approximate surface area is 151 Å². The number of carbonyl (C=O) groups excluding carboxylic acids is 1. The highest BCUT2D eigenvalue weighted by molar-refractivity contribution is 5.93. The number of H-pyrrole nitrogens is 1. The molecule has 7 nitrogen and oxygen atoms in total. The van der Waals surface area contributed by atoms with Gasteiger partial charge < -0.3 is 14.8 Å². The van der Waals surface area contributed by atoms with E-state index in [1.54, 1.807) is 32.7 Å². The van der Waals surface area contributed by atoms with Crippen LogP contribution in [0.15, 0.2) is 48.8 Å². The van der Waals surface area contributed by atoms with E-state index in [4.69, 9.17) is 9.47 Å². The third kappa shape index (κ3) is 4.00. The van der Waals surface area contributed by atoms with Crippen LogP contribution in [-0.2, 0) is 6.42 Å². The molecule has 134 valence electrons. The molecule has 2 aromatic heterocycles. The number of rotatable bonds is 7. The lowest BCUT2D eigenvalue weighted by Crippen LogP contribution is -2.26. The summed E-state index contributed by atoms with van der Waals surface area (Å²) in [6.45, 7) is 0.464. The second-order valence-corrected chi connectivity index (χ2v) is 5.59. The number of amides is 1. The highest BCUT2D eigenvalue weighted by Crippen LogP contribution is 2.24. The summed E-state index contributed by atoms with van der Waals surface area (Å²) >= 11 is 0. The van der Waals surface area contributed by atoms with Crippen LogP contribution in [0.1, 0.15) is 16.1 Å². The first-order valence-electron chi connectivity index (χ1n) is 8.16. The van der Waals surface area contributed by atoms with Crippen molar-refractivity contribution in [1.82, 2.24) is 20.5 Å². The summed E-state index contributed by atoms with van der Waals surface area (Å²) in [6.07, 6.45) is 3.99. The van der Waals surface area contributed by atoms with Crippen molar-refractivity contribution in [2.75, 3.05) is 20.8 Å². The van der Waals surface area contributed by atoms with E-state index in [0.29, 0.717) is 24.4 Å². The summed E-state index contributed by atoms with van der Waals surface area (Å²) in [5.41, 5.74) is 2.98. The van der Waals surface area contributed by atoms with Crippen molar-refractivity contribution in [2.24, 2.45) is 0 Å². The van der Waals surface area contributed by atoms with Crippen LogP contribution in [0, 0.1) is 0 Å². The van der Waals surface area contributed by atoms with E-state index in [0.717, 1.165) is 22.6 Å². The van der Waals surface area contributed by atoms with Crippen molar-refractivity contribution >= 4 is 5.91 Å². The van der Waals surface area contributed by atoms with Gasteiger partial charge in [0.25, 0.3) is 5.91 Å². The molecule has 0 saturated heterocycles. The van der Waals surface area contributed by atoms with Crippen molar-refractivity contribution in [3.63, 3.8) is 0 Å². The summed E-state index contributed by atoms with van der Waals surface area (Å²) in [7, 11) is 3.24. The minimum absolute atomic E-state index is 0.209. The van der Waals surface area contributed by atoms with Crippen LogP contribution in [0.3, 0.4) is 0 Å². The molecule has 1 amide bonds. The Morgan fingerprint density at radius 3 is 2.65 bits per heavy atom. The Hall–Kier alpha value is -3.35. The largest absolute Gasteiger partial charge is 0.497 e. The highest BCUT2D eigenvalue weighted by atomic mass is 16.5. The summed E-state index contributed by atoms with van der Waals surface area (Å²) < 4.78 is 10.6. The average Bonchev–Trinajstić information content (AvgIpc) is 3.19. The van der Waals surface area contributed by atoms with E-state index in [1.807, 2.05) is 30.3 Å². The van der Waals surface area contributed by atoms with Gasteiger partial charge in [0.2, 0.25) is 0 Å². The van der Waals surface area contributed by atoms with Gasteiger partial charge in [0.05, 0.1) is 19.9 Å². The zero-order chi connectivity index (χ0) is 18.4. The molecule has 0 bridgehead atoms. The third-order valence-corrected chi connectivity index (χ3v) is 3.97. The molecule has 0 atom stereocenters. The predicted octanol–water partition coefficient (Wildman–Crippen LogP) is 2.46. The first-order valence-corrected chi connectivity index (χ1v) is 8.16. The van der Waals surface area contributed by atoms with Crippen LogP contribution in [0.25, 0.3) is 11.3 Å². The van der Waals surface area contributed by atoms with Gasteiger partial charge in [0.15, 0.2) is 0 Å². The van der Waals surface area contributed by atoms with Gasteiger partial charge in [0, 0.05) is 24.5 Å². The summed E-state index contributed by atoms with van der Waals surface area (Å²) in [4.78, 5) is 16.3. The Bertz CT molecular complexity index is 878. The molecule has 0 fully saturated rings. The summed E-state index contributed by atoms with van der Waals surface area (Å²) in [6, 6.07) is 11.0. The van der Waals surface area contributed by atoms with Gasteiger partial charge >= 0.3 is 0 Å².